The summed E-state index contributed by atoms with van der Waals surface area (Å²) in [4.78, 5) is 0. The molecule has 0 fully saturated rings. The Morgan fingerprint density at radius 3 is 2.57 bits per heavy atom. The molecule has 1 aromatic rings. The van der Waals surface area contributed by atoms with E-state index in [1.54, 1.807) is 0 Å². The van der Waals surface area contributed by atoms with E-state index in [1.165, 1.54) is 0 Å². The highest BCUT2D eigenvalue weighted by atomic mass is 32.1. The lowest BCUT2D eigenvalue weighted by atomic mass is 10.1. The van der Waals surface area contributed by atoms with Crippen LogP contribution in [-0.4, -0.2) is 22.9 Å². The van der Waals surface area contributed by atoms with Crippen molar-refractivity contribution in [1.82, 2.24) is 5.32 Å². The topological polar surface area (TPSA) is 58.3 Å². The van der Waals surface area contributed by atoms with Crippen molar-refractivity contribution in [2.75, 3.05) is 6.61 Å². The van der Waals surface area contributed by atoms with Gasteiger partial charge in [0.1, 0.15) is 0 Å². The molecular formula is C10H14N2OS. The van der Waals surface area contributed by atoms with Gasteiger partial charge in [0, 0.05) is 0 Å². The lowest BCUT2D eigenvalue weighted by Gasteiger charge is -2.15. The van der Waals surface area contributed by atoms with E-state index in [0.29, 0.717) is 6.42 Å². The second-order valence-electron chi connectivity index (χ2n) is 3.08. The third kappa shape index (κ3) is 3.72. The monoisotopic (exact) mass is 210 g/mol. The first-order valence-electron chi connectivity index (χ1n) is 4.43. The molecule has 0 spiro atoms. The van der Waals surface area contributed by atoms with E-state index in [-0.39, 0.29) is 17.8 Å². The second kappa shape index (κ2) is 5.57. The molecule has 0 aliphatic rings. The Labute approximate surface area is 88.9 Å². The maximum atomic E-state index is 9.06. The number of thiocarbonyl (C=S) groups is 1. The lowest BCUT2D eigenvalue weighted by Crippen LogP contribution is -2.41. The smallest absolute Gasteiger partial charge is 0.163 e. The Morgan fingerprint density at radius 1 is 1.43 bits per heavy atom. The maximum Gasteiger partial charge on any atom is 0.163 e. The molecule has 0 saturated carbocycles. The van der Waals surface area contributed by atoms with Crippen molar-refractivity contribution in [3.8, 4) is 0 Å². The molecule has 0 aromatic heterocycles. The molecule has 0 saturated heterocycles. The number of hydrogen-bond donors (Lipinski definition) is 3. The summed E-state index contributed by atoms with van der Waals surface area (Å²) in [6.07, 6.45) is 0.717. The van der Waals surface area contributed by atoms with Crippen LogP contribution in [0, 0.1) is 0 Å². The zero-order valence-electron chi connectivity index (χ0n) is 7.81. The zero-order chi connectivity index (χ0) is 10.4. The summed E-state index contributed by atoms with van der Waals surface area (Å²) in [5, 5.41) is 12.1. The summed E-state index contributed by atoms with van der Waals surface area (Å²) in [6.45, 7) is 0.0201. The van der Waals surface area contributed by atoms with Crippen molar-refractivity contribution in [2.24, 2.45) is 5.73 Å². The van der Waals surface area contributed by atoms with E-state index >= 15 is 0 Å². The van der Waals surface area contributed by atoms with E-state index < -0.39 is 0 Å². The van der Waals surface area contributed by atoms with Gasteiger partial charge in [-0.05, 0) is 24.2 Å². The van der Waals surface area contributed by atoms with Gasteiger partial charge in [-0.15, -0.1) is 0 Å². The minimum Gasteiger partial charge on any atom is -0.394 e. The highest BCUT2D eigenvalue weighted by Crippen LogP contribution is 2.02. The fourth-order valence-corrected chi connectivity index (χ4v) is 1.43. The van der Waals surface area contributed by atoms with Crippen LogP contribution in [0.2, 0.25) is 0 Å². The minimum absolute atomic E-state index is 0.0201. The fourth-order valence-electron chi connectivity index (χ4n) is 1.26. The van der Waals surface area contributed by atoms with Crippen LogP contribution in [0.5, 0.6) is 0 Å². The van der Waals surface area contributed by atoms with E-state index in [0.717, 1.165) is 5.56 Å². The first-order chi connectivity index (χ1) is 6.72. The molecule has 0 aliphatic carbocycles. The molecule has 1 rings (SSSR count). The number of benzene rings is 1. The summed E-state index contributed by atoms with van der Waals surface area (Å²) in [5.74, 6) is 0. The van der Waals surface area contributed by atoms with E-state index in [4.69, 9.17) is 23.1 Å². The lowest BCUT2D eigenvalue weighted by molar-refractivity contribution is 0.255. The first kappa shape index (κ1) is 10.9. The third-order valence-electron chi connectivity index (χ3n) is 1.89. The molecule has 4 N–H and O–H groups in total. The van der Waals surface area contributed by atoms with Crippen LogP contribution in [0.15, 0.2) is 30.3 Å². The molecule has 1 aromatic carbocycles. The van der Waals surface area contributed by atoms with E-state index in [9.17, 15) is 0 Å². The van der Waals surface area contributed by atoms with Crippen LogP contribution in [0.4, 0.5) is 0 Å². The Balaban J connectivity index is 2.53. The highest BCUT2D eigenvalue weighted by Gasteiger charge is 2.07. The van der Waals surface area contributed by atoms with Crippen molar-refractivity contribution >= 4 is 17.3 Å². The van der Waals surface area contributed by atoms with Gasteiger partial charge in [0.2, 0.25) is 0 Å². The Bertz CT molecular complexity index is 289. The molecule has 0 unspecified atom stereocenters. The molecule has 0 radical (unpaired) electrons. The average molecular weight is 210 g/mol. The Hall–Kier alpha value is -1.13. The normalized spacial score (nSPS) is 12.1. The van der Waals surface area contributed by atoms with Gasteiger partial charge in [-0.25, -0.2) is 0 Å². The first-order valence-corrected chi connectivity index (χ1v) is 4.84. The predicted octanol–water partition coefficient (Wildman–Crippen LogP) is 0.423. The van der Waals surface area contributed by atoms with Crippen molar-refractivity contribution < 1.29 is 5.11 Å². The molecule has 14 heavy (non-hydrogen) atoms. The minimum atomic E-state index is -0.102. The molecule has 4 heteroatoms. The molecule has 0 bridgehead atoms. The van der Waals surface area contributed by atoms with E-state index in [2.05, 4.69) is 5.32 Å². The fraction of sp³-hybridized carbons (Fsp3) is 0.300. The summed E-state index contributed by atoms with van der Waals surface area (Å²) < 4.78 is 0. The highest BCUT2D eigenvalue weighted by molar-refractivity contribution is 7.80. The number of nitrogens with two attached hydrogens (primary N) is 1. The summed E-state index contributed by atoms with van der Waals surface area (Å²) in [5.41, 5.74) is 6.48. The molecule has 0 aliphatic heterocycles. The van der Waals surface area contributed by atoms with Gasteiger partial charge < -0.3 is 16.2 Å². The van der Waals surface area contributed by atoms with Gasteiger partial charge in [-0.1, -0.05) is 30.3 Å². The number of hydrogen-bond acceptors (Lipinski definition) is 2. The molecule has 3 nitrogen and oxygen atoms in total. The molecule has 0 heterocycles. The van der Waals surface area contributed by atoms with Crippen LogP contribution in [-0.2, 0) is 6.42 Å². The Kier molecular flexibility index (Phi) is 4.35. The largest absolute Gasteiger partial charge is 0.394 e. The summed E-state index contributed by atoms with van der Waals surface area (Å²) in [7, 11) is 0. The van der Waals surface area contributed by atoms with Crippen LogP contribution in [0.25, 0.3) is 0 Å². The van der Waals surface area contributed by atoms with Gasteiger partial charge >= 0.3 is 0 Å². The van der Waals surface area contributed by atoms with Crippen LogP contribution >= 0.6 is 12.2 Å². The number of nitrogens with one attached hydrogen (secondary N) is 1. The van der Waals surface area contributed by atoms with Gasteiger partial charge in [-0.3, -0.25) is 0 Å². The molecule has 0 amide bonds. The zero-order valence-corrected chi connectivity index (χ0v) is 8.63. The quantitative estimate of drug-likeness (QED) is 0.631. The summed E-state index contributed by atoms with van der Waals surface area (Å²) >= 11 is 4.71. The van der Waals surface area contributed by atoms with E-state index in [1.807, 2.05) is 30.3 Å². The summed E-state index contributed by atoms with van der Waals surface area (Å²) in [6, 6.07) is 9.79. The van der Waals surface area contributed by atoms with Crippen molar-refractivity contribution in [3.63, 3.8) is 0 Å². The standard InChI is InChI=1S/C10H14N2OS/c11-10(14)12-9(7-13)6-8-4-2-1-3-5-8/h1-5,9,13H,6-7H2,(H3,11,12,14)/t9-/m1/s1. The number of aliphatic hydroxyl groups is 1. The molecule has 76 valence electrons. The number of aliphatic hydroxyl groups excluding tert-OH is 1. The Morgan fingerprint density at radius 2 is 2.07 bits per heavy atom. The van der Waals surface area contributed by atoms with Crippen molar-refractivity contribution in [1.29, 1.82) is 0 Å². The molecule has 1 atom stereocenters. The van der Waals surface area contributed by atoms with Gasteiger partial charge in [0.15, 0.2) is 5.11 Å². The maximum absolute atomic E-state index is 9.06. The van der Waals surface area contributed by atoms with Crippen LogP contribution < -0.4 is 11.1 Å². The second-order valence-corrected chi connectivity index (χ2v) is 3.52. The predicted molar refractivity (Wildman–Crippen MR) is 60.9 cm³/mol. The van der Waals surface area contributed by atoms with Gasteiger partial charge in [-0.2, -0.15) is 0 Å². The van der Waals surface area contributed by atoms with Gasteiger partial charge in [0.05, 0.1) is 12.6 Å². The van der Waals surface area contributed by atoms with Crippen molar-refractivity contribution in [2.45, 2.75) is 12.5 Å². The van der Waals surface area contributed by atoms with Gasteiger partial charge in [0.25, 0.3) is 0 Å². The third-order valence-corrected chi connectivity index (χ3v) is 2.01. The van der Waals surface area contributed by atoms with Crippen molar-refractivity contribution in [3.05, 3.63) is 35.9 Å². The van der Waals surface area contributed by atoms with Crippen LogP contribution in [0.1, 0.15) is 5.56 Å². The molecular weight excluding hydrogens is 196 g/mol. The SMILES string of the molecule is NC(=S)N[C@@H](CO)Cc1ccccc1. The number of rotatable bonds is 4. The average Bonchev–Trinajstić information content (AvgIpc) is 2.17. The van der Waals surface area contributed by atoms with Crippen LogP contribution in [0.3, 0.4) is 0 Å².